The minimum atomic E-state index is -0.696. The van der Waals surface area contributed by atoms with Gasteiger partial charge in [-0.2, -0.15) is 0 Å². The van der Waals surface area contributed by atoms with Gasteiger partial charge >= 0.3 is 0 Å². The molecule has 1 atom stereocenters. The number of anilines is 1. The van der Waals surface area contributed by atoms with Crippen LogP contribution in [0.3, 0.4) is 0 Å². The van der Waals surface area contributed by atoms with E-state index in [9.17, 15) is 9.59 Å². The van der Waals surface area contributed by atoms with Gasteiger partial charge in [0.2, 0.25) is 0 Å². The molecule has 2 aromatic heterocycles. The Morgan fingerprint density at radius 2 is 1.74 bits per heavy atom. The van der Waals surface area contributed by atoms with Gasteiger partial charge in [0.1, 0.15) is 5.75 Å². The number of ether oxygens (including phenoxy) is 1. The molecule has 1 N–H and O–H groups in total. The van der Waals surface area contributed by atoms with Crippen LogP contribution in [0.1, 0.15) is 35.5 Å². The molecule has 0 aliphatic carbocycles. The van der Waals surface area contributed by atoms with Crippen molar-refractivity contribution in [2.75, 3.05) is 12.4 Å². The van der Waals surface area contributed by atoms with Crippen LogP contribution in [0.5, 0.6) is 5.75 Å². The first-order valence-corrected chi connectivity index (χ1v) is 14.9. The average Bonchev–Trinajstić information content (AvgIpc) is 3.46. The molecule has 216 valence electrons. The molecule has 0 saturated carbocycles. The second-order valence-electron chi connectivity index (χ2n) is 10.3. The molecule has 1 aliphatic heterocycles. The summed E-state index contributed by atoms with van der Waals surface area (Å²) < 4.78 is 9.78. The molecular weight excluding hydrogens is 580 g/mol. The molecular formula is C34H29ClN4O3S. The molecule has 9 heteroatoms. The van der Waals surface area contributed by atoms with Crippen LogP contribution < -0.4 is 24.9 Å². The number of benzene rings is 3. The second kappa shape index (κ2) is 11.6. The fourth-order valence-electron chi connectivity index (χ4n) is 5.52. The number of fused-ring (bicyclic) bond motifs is 1. The van der Waals surface area contributed by atoms with E-state index in [1.54, 1.807) is 11.7 Å². The predicted molar refractivity (Wildman–Crippen MR) is 172 cm³/mol. The quantitative estimate of drug-likeness (QED) is 0.259. The minimum absolute atomic E-state index is 0.217. The summed E-state index contributed by atoms with van der Waals surface area (Å²) in [5.41, 5.74) is 6.08. The number of allylic oxidation sites excluding steroid dienone is 1. The molecule has 0 spiro atoms. The lowest BCUT2D eigenvalue weighted by molar-refractivity contribution is -0.113. The SMILES string of the molecule is COc1cccc([C@H]2C(C(=O)Nc3ccccc3)=C(C)N=c3s/c(=C\c4cc(C)n(-c5ccc(Cl)cc5)c4C)c(=O)n32)c1. The van der Waals surface area contributed by atoms with Crippen LogP contribution in [0.25, 0.3) is 11.8 Å². The summed E-state index contributed by atoms with van der Waals surface area (Å²) in [6, 6.07) is 25.7. The minimum Gasteiger partial charge on any atom is -0.497 e. The molecule has 1 amide bonds. The summed E-state index contributed by atoms with van der Waals surface area (Å²) in [6.07, 6.45) is 1.91. The number of carbonyl (C=O) groups excluding carboxylic acids is 1. The highest BCUT2D eigenvalue weighted by atomic mass is 35.5. The van der Waals surface area contributed by atoms with Crippen molar-refractivity contribution in [1.29, 1.82) is 0 Å². The fraction of sp³-hybridized carbons (Fsp3) is 0.147. The molecule has 0 saturated heterocycles. The fourth-order valence-corrected chi connectivity index (χ4v) is 6.68. The van der Waals surface area contributed by atoms with Crippen molar-refractivity contribution in [3.63, 3.8) is 0 Å². The number of methoxy groups -OCH3 is 1. The Morgan fingerprint density at radius 1 is 1.00 bits per heavy atom. The van der Waals surface area contributed by atoms with Crippen molar-refractivity contribution in [3.05, 3.63) is 143 Å². The van der Waals surface area contributed by atoms with E-state index < -0.39 is 6.04 Å². The second-order valence-corrected chi connectivity index (χ2v) is 11.8. The van der Waals surface area contributed by atoms with E-state index >= 15 is 0 Å². The third-order valence-corrected chi connectivity index (χ3v) is 8.78. The first-order valence-electron chi connectivity index (χ1n) is 13.7. The van der Waals surface area contributed by atoms with Crippen molar-refractivity contribution in [2.24, 2.45) is 4.99 Å². The number of carbonyl (C=O) groups is 1. The smallest absolute Gasteiger partial charge is 0.271 e. The molecule has 1 aliphatic rings. The van der Waals surface area contributed by atoms with Crippen LogP contribution in [0.2, 0.25) is 5.02 Å². The molecule has 3 aromatic carbocycles. The van der Waals surface area contributed by atoms with Gasteiger partial charge in [0.25, 0.3) is 11.5 Å². The standard InChI is InChI=1S/C34H29ClN4O3S/c1-20-17-24(22(3)38(20)27-15-13-25(35)14-16-27)19-29-33(41)39-31(23-9-8-12-28(18-23)42-4)30(21(2)36-34(39)43-29)32(40)37-26-10-6-5-7-11-26/h5-19,31H,1-4H3,(H,37,40)/b29-19-/t31-/m0/s1. The summed E-state index contributed by atoms with van der Waals surface area (Å²) in [5, 5.41) is 3.66. The zero-order valence-electron chi connectivity index (χ0n) is 24.1. The Kier molecular flexibility index (Phi) is 7.64. The average molecular weight is 609 g/mol. The number of halogens is 1. The van der Waals surface area contributed by atoms with Crippen molar-refractivity contribution >= 4 is 40.6 Å². The lowest BCUT2D eigenvalue weighted by Gasteiger charge is -2.25. The van der Waals surface area contributed by atoms with Crippen molar-refractivity contribution in [2.45, 2.75) is 26.8 Å². The zero-order chi connectivity index (χ0) is 30.2. The first kappa shape index (κ1) is 28.5. The third kappa shape index (κ3) is 5.35. The molecule has 5 aromatic rings. The number of aromatic nitrogens is 2. The van der Waals surface area contributed by atoms with Gasteiger partial charge in [-0.25, -0.2) is 4.99 Å². The van der Waals surface area contributed by atoms with Crippen LogP contribution >= 0.6 is 22.9 Å². The van der Waals surface area contributed by atoms with Crippen LogP contribution in [0.4, 0.5) is 5.69 Å². The molecule has 6 rings (SSSR count). The van der Waals surface area contributed by atoms with E-state index in [1.807, 2.05) is 106 Å². The Morgan fingerprint density at radius 3 is 2.47 bits per heavy atom. The van der Waals surface area contributed by atoms with Crippen LogP contribution in [-0.4, -0.2) is 22.2 Å². The number of aryl methyl sites for hydroxylation is 1. The number of hydrogen-bond acceptors (Lipinski definition) is 5. The molecule has 3 heterocycles. The maximum absolute atomic E-state index is 14.2. The van der Waals surface area contributed by atoms with Crippen LogP contribution in [-0.2, 0) is 4.79 Å². The molecule has 43 heavy (non-hydrogen) atoms. The highest BCUT2D eigenvalue weighted by Crippen LogP contribution is 2.32. The number of amides is 1. The summed E-state index contributed by atoms with van der Waals surface area (Å²) in [6.45, 7) is 5.87. The highest BCUT2D eigenvalue weighted by Gasteiger charge is 2.33. The van der Waals surface area contributed by atoms with Gasteiger partial charge in [-0.3, -0.25) is 14.2 Å². The lowest BCUT2D eigenvalue weighted by Crippen LogP contribution is -2.40. The number of nitrogens with zero attached hydrogens (tertiary/aromatic N) is 3. The molecule has 0 fully saturated rings. The van der Waals surface area contributed by atoms with E-state index in [-0.39, 0.29) is 11.5 Å². The molecule has 0 unspecified atom stereocenters. The van der Waals surface area contributed by atoms with Gasteiger partial charge in [0, 0.05) is 27.8 Å². The van der Waals surface area contributed by atoms with Crippen LogP contribution in [0.15, 0.2) is 106 Å². The number of thiazole rings is 1. The van der Waals surface area contributed by atoms with E-state index in [4.69, 9.17) is 21.3 Å². The Bertz CT molecular complexity index is 2070. The third-order valence-electron chi connectivity index (χ3n) is 7.55. The largest absolute Gasteiger partial charge is 0.497 e. The van der Waals surface area contributed by atoms with Gasteiger partial charge in [0.15, 0.2) is 4.80 Å². The molecule has 7 nitrogen and oxygen atoms in total. The summed E-state index contributed by atoms with van der Waals surface area (Å²) in [4.78, 5) is 33.3. The number of nitrogens with one attached hydrogen (secondary N) is 1. The molecule has 0 radical (unpaired) electrons. The Balaban J connectivity index is 1.50. The maximum atomic E-state index is 14.2. The van der Waals surface area contributed by atoms with Gasteiger partial charge in [-0.15, -0.1) is 0 Å². The van der Waals surface area contributed by atoms with Gasteiger partial charge < -0.3 is 14.6 Å². The Labute approximate surface area is 257 Å². The van der Waals surface area contributed by atoms with Gasteiger partial charge in [-0.1, -0.05) is 53.3 Å². The molecule has 0 bridgehead atoms. The van der Waals surface area contributed by atoms with Gasteiger partial charge in [0.05, 0.1) is 29.0 Å². The van der Waals surface area contributed by atoms with E-state index in [0.717, 1.165) is 28.2 Å². The first-order chi connectivity index (χ1) is 20.7. The highest BCUT2D eigenvalue weighted by molar-refractivity contribution is 7.07. The van der Waals surface area contributed by atoms with Crippen LogP contribution in [0, 0.1) is 13.8 Å². The predicted octanol–water partition coefficient (Wildman–Crippen LogP) is 5.94. The summed E-state index contributed by atoms with van der Waals surface area (Å²) in [5.74, 6) is 0.313. The van der Waals surface area contributed by atoms with Crippen molar-refractivity contribution in [1.82, 2.24) is 9.13 Å². The van der Waals surface area contributed by atoms with Crippen molar-refractivity contribution in [3.8, 4) is 11.4 Å². The normalized spacial score (nSPS) is 14.8. The maximum Gasteiger partial charge on any atom is 0.271 e. The summed E-state index contributed by atoms with van der Waals surface area (Å²) >= 11 is 7.43. The Hall–Kier alpha value is -4.66. The number of rotatable bonds is 6. The number of para-hydroxylation sites is 1. The van der Waals surface area contributed by atoms with E-state index in [0.29, 0.717) is 37.1 Å². The topological polar surface area (TPSA) is 77.6 Å². The summed E-state index contributed by atoms with van der Waals surface area (Å²) in [7, 11) is 1.59. The van der Waals surface area contributed by atoms with Crippen molar-refractivity contribution < 1.29 is 9.53 Å². The number of hydrogen-bond donors (Lipinski definition) is 1. The van der Waals surface area contributed by atoms with Gasteiger partial charge in [-0.05, 0) is 92.6 Å². The van der Waals surface area contributed by atoms with E-state index in [1.165, 1.54) is 11.3 Å². The zero-order valence-corrected chi connectivity index (χ0v) is 25.7. The lowest BCUT2D eigenvalue weighted by atomic mass is 9.95. The van der Waals surface area contributed by atoms with E-state index in [2.05, 4.69) is 16.0 Å². The monoisotopic (exact) mass is 608 g/mol.